The number of carbonyl (C=O) groups is 1. The van der Waals surface area contributed by atoms with Gasteiger partial charge in [-0.25, -0.2) is 4.39 Å². The smallest absolute Gasteiger partial charge is 0.451 e. The largest absolute Gasteiger partial charge is 0.480 e. The van der Waals surface area contributed by atoms with Crippen LogP contribution in [0.3, 0.4) is 0 Å². The van der Waals surface area contributed by atoms with Crippen molar-refractivity contribution in [2.75, 3.05) is 0 Å². The zero-order valence-electron chi connectivity index (χ0n) is 11.2. The van der Waals surface area contributed by atoms with Crippen molar-refractivity contribution in [1.82, 2.24) is 0 Å². The molecule has 8 heteroatoms. The van der Waals surface area contributed by atoms with Gasteiger partial charge in [-0.2, -0.15) is 0 Å². The molecule has 0 saturated heterocycles. The monoisotopic (exact) mass is 289 g/mol. The lowest BCUT2D eigenvalue weighted by molar-refractivity contribution is -0.145. The highest BCUT2D eigenvalue weighted by molar-refractivity contribution is 6.40. The third kappa shape index (κ3) is 2.57. The Morgan fingerprint density at radius 2 is 2.05 bits per heavy atom. The normalized spacial score (nSPS) is 43.5. The summed E-state index contributed by atoms with van der Waals surface area (Å²) in [5.74, 6) is -2.37. The number of rotatable bonds is 5. The number of alkyl halides is 1. The first-order valence-electron chi connectivity index (χ1n) is 6.98. The predicted molar refractivity (Wildman–Crippen MR) is 69.4 cm³/mol. The molecule has 0 aliphatic heterocycles. The van der Waals surface area contributed by atoms with Crippen molar-refractivity contribution in [3.63, 3.8) is 0 Å². The number of hydrogen-bond donors (Lipinski definition) is 5. The van der Waals surface area contributed by atoms with E-state index >= 15 is 0 Å². The van der Waals surface area contributed by atoms with E-state index in [2.05, 4.69) is 0 Å². The molecule has 114 valence electrons. The minimum atomic E-state index is -1.49. The van der Waals surface area contributed by atoms with Crippen LogP contribution in [-0.4, -0.2) is 51.2 Å². The fourth-order valence-electron chi connectivity index (χ4n) is 3.99. The summed E-state index contributed by atoms with van der Waals surface area (Å²) in [6.07, 6.45) is -1.29. The van der Waals surface area contributed by atoms with Crippen LogP contribution in [0.25, 0.3) is 0 Å². The van der Waals surface area contributed by atoms with Crippen molar-refractivity contribution in [2.45, 2.75) is 49.8 Å². The Hall–Kier alpha value is -0.695. The third-order valence-corrected chi connectivity index (χ3v) is 4.97. The second kappa shape index (κ2) is 5.59. The maximum absolute atomic E-state index is 13.9. The van der Waals surface area contributed by atoms with E-state index in [1.165, 1.54) is 0 Å². The van der Waals surface area contributed by atoms with Crippen molar-refractivity contribution in [1.29, 1.82) is 0 Å². The van der Waals surface area contributed by atoms with Crippen LogP contribution in [0.2, 0.25) is 6.32 Å². The van der Waals surface area contributed by atoms with Crippen molar-refractivity contribution < 1.29 is 29.4 Å². The van der Waals surface area contributed by atoms with Gasteiger partial charge < -0.3 is 26.0 Å². The number of fused-ring (bicyclic) bond motifs is 1. The Balaban J connectivity index is 2.12. The second-order valence-corrected chi connectivity index (χ2v) is 6.14. The van der Waals surface area contributed by atoms with E-state index in [1.54, 1.807) is 0 Å². The molecule has 0 aromatic heterocycles. The van der Waals surface area contributed by atoms with Crippen molar-refractivity contribution in [3.05, 3.63) is 0 Å². The average molecular weight is 289 g/mol. The Kier molecular flexibility index (Phi) is 4.39. The number of aliphatic hydroxyl groups is 1. The first-order valence-corrected chi connectivity index (χ1v) is 6.98. The number of carboxylic acids is 1. The fourth-order valence-corrected chi connectivity index (χ4v) is 3.99. The number of aliphatic carboxylic acids is 1. The molecule has 0 unspecified atom stereocenters. The lowest BCUT2D eigenvalue weighted by Gasteiger charge is -2.30. The van der Waals surface area contributed by atoms with Crippen LogP contribution in [0.15, 0.2) is 0 Å². The van der Waals surface area contributed by atoms with Crippen molar-refractivity contribution in [2.24, 2.45) is 23.5 Å². The molecule has 2 aliphatic carbocycles. The van der Waals surface area contributed by atoms with E-state index in [9.17, 15) is 19.4 Å². The van der Waals surface area contributed by atoms with Crippen LogP contribution in [-0.2, 0) is 4.79 Å². The predicted octanol–water partition coefficient (Wildman–Crippen LogP) is -0.624. The molecule has 2 rings (SSSR count). The van der Waals surface area contributed by atoms with E-state index in [0.717, 1.165) is 0 Å². The quantitative estimate of drug-likeness (QED) is 0.430. The van der Waals surface area contributed by atoms with Crippen LogP contribution in [0.4, 0.5) is 4.39 Å². The van der Waals surface area contributed by atoms with E-state index in [1.807, 2.05) is 0 Å². The third-order valence-electron chi connectivity index (χ3n) is 4.97. The van der Waals surface area contributed by atoms with Gasteiger partial charge in [-0.1, -0.05) is 6.42 Å². The van der Waals surface area contributed by atoms with Gasteiger partial charge in [0.25, 0.3) is 0 Å². The van der Waals surface area contributed by atoms with E-state index in [4.69, 9.17) is 15.8 Å². The van der Waals surface area contributed by atoms with E-state index < -0.39 is 42.7 Å². The number of nitrogens with two attached hydrogens (primary N) is 1. The van der Waals surface area contributed by atoms with Gasteiger partial charge in [0.2, 0.25) is 0 Å². The van der Waals surface area contributed by atoms with Gasteiger partial charge in [-0.3, -0.25) is 4.79 Å². The summed E-state index contributed by atoms with van der Waals surface area (Å²) in [7, 11) is -1.44. The lowest BCUT2D eigenvalue weighted by Crippen LogP contribution is -2.52. The maximum Gasteiger partial charge on any atom is 0.451 e. The molecule has 0 radical (unpaired) electrons. The summed E-state index contributed by atoms with van der Waals surface area (Å²) in [5, 5.41) is 36.6. The molecule has 0 aromatic carbocycles. The summed E-state index contributed by atoms with van der Waals surface area (Å²) < 4.78 is 13.9. The second-order valence-electron chi connectivity index (χ2n) is 6.14. The van der Waals surface area contributed by atoms with Crippen LogP contribution in [0, 0.1) is 17.8 Å². The molecule has 0 bridgehead atoms. The molecule has 2 aliphatic rings. The van der Waals surface area contributed by atoms with Crippen LogP contribution < -0.4 is 5.73 Å². The van der Waals surface area contributed by atoms with Crippen LogP contribution >= 0.6 is 0 Å². The highest BCUT2D eigenvalue weighted by Gasteiger charge is 2.61. The van der Waals surface area contributed by atoms with Gasteiger partial charge in [0.05, 0.1) is 6.10 Å². The molecule has 0 amide bonds. The number of aliphatic hydroxyl groups excluding tert-OH is 1. The first-order chi connectivity index (χ1) is 9.27. The summed E-state index contributed by atoms with van der Waals surface area (Å²) in [4.78, 5) is 11.4. The minimum Gasteiger partial charge on any atom is -0.480 e. The Labute approximate surface area is 116 Å². The first kappa shape index (κ1) is 15.7. The van der Waals surface area contributed by atoms with Gasteiger partial charge in [0, 0.05) is 0 Å². The van der Waals surface area contributed by atoms with Gasteiger partial charge in [0.15, 0.2) is 0 Å². The summed E-state index contributed by atoms with van der Waals surface area (Å²) in [6.45, 7) is 0. The van der Waals surface area contributed by atoms with Gasteiger partial charge >= 0.3 is 13.1 Å². The highest BCUT2D eigenvalue weighted by Crippen LogP contribution is 2.54. The lowest BCUT2D eigenvalue weighted by atomic mass is 9.75. The fraction of sp³-hybridized carbons (Fsp3) is 0.917. The Morgan fingerprint density at radius 1 is 1.40 bits per heavy atom. The zero-order chi connectivity index (χ0) is 15.1. The van der Waals surface area contributed by atoms with Crippen LogP contribution in [0.1, 0.15) is 25.7 Å². The van der Waals surface area contributed by atoms with Gasteiger partial charge in [-0.05, 0) is 43.3 Å². The summed E-state index contributed by atoms with van der Waals surface area (Å²) in [6, 6.07) is 0. The molecule has 6 nitrogen and oxygen atoms in total. The molecule has 6 atom stereocenters. The topological polar surface area (TPSA) is 124 Å². The SMILES string of the molecule is N[C@@]1(C(=O)O)C[C@H]2[C@H](F)[C@H](O)C[C@H]2[C@@H]1CCCB(O)O. The Bertz CT molecular complexity index is 385. The van der Waals surface area contributed by atoms with Crippen molar-refractivity contribution >= 4 is 13.1 Å². The molecule has 6 N–H and O–H groups in total. The molecule has 0 spiro atoms. The molecule has 2 fully saturated rings. The summed E-state index contributed by atoms with van der Waals surface area (Å²) >= 11 is 0. The van der Waals surface area contributed by atoms with E-state index in [-0.39, 0.29) is 25.1 Å². The summed E-state index contributed by atoms with van der Waals surface area (Å²) in [5.41, 5.74) is 4.50. The molecule has 20 heavy (non-hydrogen) atoms. The average Bonchev–Trinajstić information content (AvgIpc) is 2.77. The minimum absolute atomic E-state index is 0.0254. The van der Waals surface area contributed by atoms with Crippen LogP contribution in [0.5, 0.6) is 0 Å². The highest BCUT2D eigenvalue weighted by atomic mass is 19.1. The standard InChI is InChI=1S/C12H21BFNO5/c14-10-7-5-12(15,11(17)18)8(2-1-3-13(19)20)6(7)4-9(10)16/h6-10,16,19-20H,1-5,15H2,(H,17,18)/t6-,7-,8+,9-,10+,12+/m1/s1. The zero-order valence-corrected chi connectivity index (χ0v) is 11.2. The van der Waals surface area contributed by atoms with Gasteiger partial charge in [-0.15, -0.1) is 0 Å². The van der Waals surface area contributed by atoms with E-state index in [0.29, 0.717) is 12.8 Å². The maximum atomic E-state index is 13.9. The van der Waals surface area contributed by atoms with Crippen molar-refractivity contribution in [3.8, 4) is 0 Å². The number of carboxylic acid groups (broad SMARTS) is 1. The van der Waals surface area contributed by atoms with Gasteiger partial charge in [0.1, 0.15) is 11.7 Å². The Morgan fingerprint density at radius 3 is 2.60 bits per heavy atom. The molecule has 2 saturated carbocycles. The molecule has 0 aromatic rings. The number of hydrogen-bond acceptors (Lipinski definition) is 5. The molecular formula is C12H21BFNO5. The number of halogens is 1. The molecular weight excluding hydrogens is 268 g/mol. The molecule has 0 heterocycles.